The third kappa shape index (κ3) is 1.94. The van der Waals surface area contributed by atoms with Crippen LogP contribution in [-0.2, 0) is 9.53 Å². The fourth-order valence-corrected chi connectivity index (χ4v) is 4.62. The smallest absolute Gasteiger partial charge is 0.123 e. The second-order valence-corrected chi connectivity index (χ2v) is 8.43. The predicted molar refractivity (Wildman–Crippen MR) is 84.7 cm³/mol. The number of carbonyl (C=O) groups is 1. The number of rotatable bonds is 1. The lowest BCUT2D eigenvalue weighted by atomic mass is 9.70. The molecule has 1 heterocycles. The summed E-state index contributed by atoms with van der Waals surface area (Å²) >= 11 is 0. The minimum Gasteiger partial charge on any atom is -0.489 e. The molecule has 21 heavy (non-hydrogen) atoms. The molecule has 0 bridgehead atoms. The van der Waals surface area contributed by atoms with Crippen LogP contribution < -0.4 is 0 Å². The third-order valence-electron chi connectivity index (χ3n) is 6.57. The Morgan fingerprint density at radius 1 is 1.14 bits per heavy atom. The van der Waals surface area contributed by atoms with Crippen molar-refractivity contribution in [3.8, 4) is 0 Å². The van der Waals surface area contributed by atoms with Gasteiger partial charge in [-0.15, -0.1) is 0 Å². The second kappa shape index (κ2) is 4.47. The van der Waals surface area contributed by atoms with Crippen molar-refractivity contribution in [1.29, 1.82) is 0 Å². The third-order valence-corrected chi connectivity index (χ3v) is 6.57. The first-order valence-electron chi connectivity index (χ1n) is 8.28. The molecule has 2 aliphatic carbocycles. The molecule has 4 unspecified atom stereocenters. The van der Waals surface area contributed by atoms with E-state index >= 15 is 0 Å². The van der Waals surface area contributed by atoms with Crippen molar-refractivity contribution in [1.82, 2.24) is 0 Å². The monoisotopic (exact) mass is 288 g/mol. The van der Waals surface area contributed by atoms with E-state index in [9.17, 15) is 4.79 Å². The zero-order valence-electron chi connectivity index (χ0n) is 14.2. The van der Waals surface area contributed by atoms with E-state index in [2.05, 4.69) is 47.6 Å². The highest BCUT2D eigenvalue weighted by Gasteiger charge is 2.53. The zero-order chi connectivity index (χ0) is 15.6. The molecule has 2 heteroatoms. The average Bonchev–Trinajstić information content (AvgIpc) is 2.56. The largest absolute Gasteiger partial charge is 0.489 e. The summed E-state index contributed by atoms with van der Waals surface area (Å²) in [5, 5.41) is 0. The van der Waals surface area contributed by atoms with Crippen molar-refractivity contribution in [2.45, 2.75) is 60.5 Å². The lowest BCUT2D eigenvalue weighted by Gasteiger charge is -2.39. The molecule has 1 saturated carbocycles. The van der Waals surface area contributed by atoms with Crippen LogP contribution >= 0.6 is 0 Å². The minimum absolute atomic E-state index is 0.0677. The number of fused-ring (bicyclic) bond motifs is 1. The second-order valence-electron chi connectivity index (χ2n) is 8.43. The summed E-state index contributed by atoms with van der Waals surface area (Å²) in [5.74, 6) is 2.32. The molecule has 0 aromatic rings. The molecule has 1 aliphatic heterocycles. The Hall–Kier alpha value is -1.05. The number of hydrogen-bond acceptors (Lipinski definition) is 2. The summed E-state index contributed by atoms with van der Waals surface area (Å²) in [5.41, 5.74) is 3.02. The Bertz CT molecular complexity index is 536. The van der Waals surface area contributed by atoms with Crippen LogP contribution in [0.4, 0.5) is 0 Å². The van der Waals surface area contributed by atoms with Crippen LogP contribution in [0.1, 0.15) is 54.4 Å². The molecule has 0 aromatic heterocycles. The molecule has 1 fully saturated rings. The summed E-state index contributed by atoms with van der Waals surface area (Å²) in [6, 6.07) is 0. The van der Waals surface area contributed by atoms with Crippen molar-refractivity contribution >= 4 is 6.29 Å². The lowest BCUT2D eigenvalue weighted by molar-refractivity contribution is -0.113. The average molecular weight is 288 g/mol. The normalized spacial score (nSPS) is 40.0. The Balaban J connectivity index is 2.04. The van der Waals surface area contributed by atoms with Crippen LogP contribution in [0, 0.1) is 28.6 Å². The van der Waals surface area contributed by atoms with Crippen LogP contribution in [0.5, 0.6) is 0 Å². The van der Waals surface area contributed by atoms with Gasteiger partial charge in [0.05, 0.1) is 0 Å². The Morgan fingerprint density at radius 3 is 2.43 bits per heavy atom. The van der Waals surface area contributed by atoms with Gasteiger partial charge in [-0.3, -0.25) is 0 Å². The van der Waals surface area contributed by atoms with Gasteiger partial charge in [-0.05, 0) is 41.2 Å². The number of aldehydes is 1. The number of ether oxygens (including phenoxy) is 1. The van der Waals surface area contributed by atoms with Crippen LogP contribution in [0.2, 0.25) is 0 Å². The molecule has 0 aromatic carbocycles. The Labute approximate surface area is 128 Å². The van der Waals surface area contributed by atoms with Gasteiger partial charge in [0, 0.05) is 11.3 Å². The highest BCUT2D eigenvalue weighted by Crippen LogP contribution is 2.60. The van der Waals surface area contributed by atoms with Gasteiger partial charge in [0.2, 0.25) is 0 Å². The first kappa shape index (κ1) is 14.9. The van der Waals surface area contributed by atoms with Gasteiger partial charge in [-0.1, -0.05) is 47.6 Å². The SMILES string of the molecule is CC1CC(C=O)CC2OC3=C(C=C12)C(C)(C)C(C)C3(C)C. The van der Waals surface area contributed by atoms with Crippen LogP contribution in [0.3, 0.4) is 0 Å². The van der Waals surface area contributed by atoms with Gasteiger partial charge < -0.3 is 9.53 Å². The maximum atomic E-state index is 11.2. The van der Waals surface area contributed by atoms with Gasteiger partial charge in [-0.25, -0.2) is 0 Å². The van der Waals surface area contributed by atoms with E-state index in [0.717, 1.165) is 19.1 Å². The summed E-state index contributed by atoms with van der Waals surface area (Å²) in [7, 11) is 0. The molecule has 0 radical (unpaired) electrons. The standard InChI is InChI=1S/C19H28O2/c1-11-7-13(10-20)8-16-14(11)9-15-17(21-16)19(5,6)12(2)18(15,3)4/h9-13,16H,7-8H2,1-6H3. The van der Waals surface area contributed by atoms with Crippen LogP contribution in [0.25, 0.3) is 0 Å². The van der Waals surface area contributed by atoms with Gasteiger partial charge >= 0.3 is 0 Å². The van der Waals surface area contributed by atoms with Gasteiger partial charge in [0.15, 0.2) is 0 Å². The molecular weight excluding hydrogens is 260 g/mol. The molecule has 0 spiro atoms. The van der Waals surface area contributed by atoms with Crippen molar-refractivity contribution < 1.29 is 9.53 Å². The summed E-state index contributed by atoms with van der Waals surface area (Å²) in [6.45, 7) is 13.8. The van der Waals surface area contributed by atoms with Crippen LogP contribution in [-0.4, -0.2) is 12.4 Å². The van der Waals surface area contributed by atoms with E-state index in [-0.39, 0.29) is 22.9 Å². The molecule has 2 nitrogen and oxygen atoms in total. The van der Waals surface area contributed by atoms with Crippen molar-refractivity contribution in [2.24, 2.45) is 28.6 Å². The highest BCUT2D eigenvalue weighted by molar-refractivity contribution is 5.55. The van der Waals surface area contributed by atoms with E-state index in [0.29, 0.717) is 11.8 Å². The quantitative estimate of drug-likeness (QED) is 0.663. The van der Waals surface area contributed by atoms with E-state index in [1.807, 2.05) is 0 Å². The molecule has 0 saturated heterocycles. The highest BCUT2D eigenvalue weighted by atomic mass is 16.5. The Kier molecular flexibility index (Phi) is 3.17. The zero-order valence-corrected chi connectivity index (χ0v) is 14.2. The molecule has 4 atom stereocenters. The van der Waals surface area contributed by atoms with Gasteiger partial charge in [-0.2, -0.15) is 0 Å². The molecule has 3 rings (SSSR count). The van der Waals surface area contributed by atoms with Gasteiger partial charge in [0.25, 0.3) is 0 Å². The topological polar surface area (TPSA) is 26.3 Å². The van der Waals surface area contributed by atoms with Gasteiger partial charge in [0.1, 0.15) is 18.1 Å². The van der Waals surface area contributed by atoms with E-state index < -0.39 is 0 Å². The maximum absolute atomic E-state index is 11.2. The first-order chi connectivity index (χ1) is 9.69. The van der Waals surface area contributed by atoms with Crippen LogP contribution in [0.15, 0.2) is 23.0 Å². The number of carbonyl (C=O) groups excluding carboxylic acids is 1. The Morgan fingerprint density at radius 2 is 1.81 bits per heavy atom. The molecule has 3 aliphatic rings. The fourth-order valence-electron chi connectivity index (χ4n) is 4.62. The van der Waals surface area contributed by atoms with E-state index in [4.69, 9.17) is 4.74 Å². The summed E-state index contributed by atoms with van der Waals surface area (Å²) in [6.07, 6.45) is 5.47. The molecular formula is C19H28O2. The summed E-state index contributed by atoms with van der Waals surface area (Å²) in [4.78, 5) is 11.2. The summed E-state index contributed by atoms with van der Waals surface area (Å²) < 4.78 is 6.49. The predicted octanol–water partition coefficient (Wildman–Crippen LogP) is 4.51. The maximum Gasteiger partial charge on any atom is 0.123 e. The molecule has 116 valence electrons. The first-order valence-corrected chi connectivity index (χ1v) is 8.28. The molecule has 0 amide bonds. The fraction of sp³-hybridized carbons (Fsp3) is 0.737. The van der Waals surface area contributed by atoms with Crippen molar-refractivity contribution in [3.63, 3.8) is 0 Å². The minimum atomic E-state index is 0.0677. The van der Waals surface area contributed by atoms with Crippen molar-refractivity contribution in [3.05, 3.63) is 23.0 Å². The number of allylic oxidation sites excluding steroid dienone is 3. The van der Waals surface area contributed by atoms with Crippen molar-refractivity contribution in [2.75, 3.05) is 0 Å². The molecule has 0 N–H and O–H groups in total. The number of hydrogen-bond donors (Lipinski definition) is 0. The lowest BCUT2D eigenvalue weighted by Crippen LogP contribution is -2.34. The van der Waals surface area contributed by atoms with E-state index in [1.54, 1.807) is 0 Å². The van der Waals surface area contributed by atoms with E-state index in [1.165, 1.54) is 16.9 Å².